The molecule has 0 unspecified atom stereocenters. The molecule has 0 nitrogen and oxygen atoms in total. The second kappa shape index (κ2) is 12.5. The molecule has 0 radical (unpaired) electrons. The monoisotopic (exact) mass is 508 g/mol. The Balaban J connectivity index is 1.37. The summed E-state index contributed by atoms with van der Waals surface area (Å²) < 4.78 is 42.6. The standard InChI is InChI=1S/C32H32ClF3/c1-2-3-4-5-6-22-7-9-23(10-8-22)11-12-24-14-18-28-27(19-24)17-16-26(32(28)36)15-13-25-20-29(34)31(33)30(35)21-25/h7-10,14,16-21H,2-6,11-13,15H2,1H3. The molecule has 188 valence electrons. The van der Waals surface area contributed by atoms with Crippen molar-refractivity contribution in [1.29, 1.82) is 0 Å². The Labute approximate surface area is 217 Å². The Kier molecular flexibility index (Phi) is 9.09. The highest BCUT2D eigenvalue weighted by molar-refractivity contribution is 6.30. The maximum Gasteiger partial charge on any atom is 0.145 e. The van der Waals surface area contributed by atoms with Gasteiger partial charge in [-0.1, -0.05) is 92.4 Å². The molecule has 0 aliphatic carbocycles. The molecule has 4 aromatic carbocycles. The molecule has 0 aromatic heterocycles. The van der Waals surface area contributed by atoms with E-state index in [0.717, 1.165) is 24.6 Å². The molecule has 36 heavy (non-hydrogen) atoms. The second-order valence-electron chi connectivity index (χ2n) is 9.59. The van der Waals surface area contributed by atoms with E-state index in [4.69, 9.17) is 11.6 Å². The van der Waals surface area contributed by atoms with Crippen LogP contribution in [-0.4, -0.2) is 0 Å². The number of benzene rings is 4. The summed E-state index contributed by atoms with van der Waals surface area (Å²) in [6.07, 6.45) is 8.76. The summed E-state index contributed by atoms with van der Waals surface area (Å²) in [6.45, 7) is 2.23. The molecule has 0 aliphatic heterocycles. The summed E-state index contributed by atoms with van der Waals surface area (Å²) in [6, 6.07) is 20.9. The van der Waals surface area contributed by atoms with E-state index in [1.165, 1.54) is 54.5 Å². The molecule has 0 heterocycles. The van der Waals surface area contributed by atoms with Gasteiger partial charge >= 0.3 is 0 Å². The minimum atomic E-state index is -0.795. The quantitative estimate of drug-likeness (QED) is 0.140. The molecule has 4 heteroatoms. The van der Waals surface area contributed by atoms with Gasteiger partial charge in [-0.15, -0.1) is 0 Å². The fourth-order valence-electron chi connectivity index (χ4n) is 4.68. The van der Waals surface area contributed by atoms with Crippen LogP contribution in [0.25, 0.3) is 10.8 Å². The van der Waals surface area contributed by atoms with Crippen LogP contribution in [0.4, 0.5) is 13.2 Å². The van der Waals surface area contributed by atoms with Crippen molar-refractivity contribution in [3.8, 4) is 0 Å². The van der Waals surface area contributed by atoms with Gasteiger partial charge in [-0.25, -0.2) is 13.2 Å². The van der Waals surface area contributed by atoms with Gasteiger partial charge in [-0.3, -0.25) is 0 Å². The van der Waals surface area contributed by atoms with Crippen LogP contribution >= 0.6 is 11.6 Å². The number of halogens is 4. The molecule has 0 N–H and O–H groups in total. The number of hydrogen-bond donors (Lipinski definition) is 0. The van der Waals surface area contributed by atoms with E-state index in [-0.39, 0.29) is 5.82 Å². The Hall–Kier alpha value is -2.78. The Morgan fingerprint density at radius 2 is 1.19 bits per heavy atom. The summed E-state index contributed by atoms with van der Waals surface area (Å²) in [5, 5.41) is 0.915. The molecule has 0 spiro atoms. The van der Waals surface area contributed by atoms with E-state index in [1.807, 2.05) is 24.3 Å². The molecule has 4 rings (SSSR count). The Bertz CT molecular complexity index is 1290. The summed E-state index contributed by atoms with van der Waals surface area (Å²) in [4.78, 5) is 0. The zero-order chi connectivity index (χ0) is 25.5. The highest BCUT2D eigenvalue weighted by Gasteiger charge is 2.12. The number of unbranched alkanes of at least 4 members (excludes halogenated alkanes) is 3. The van der Waals surface area contributed by atoms with E-state index in [2.05, 4.69) is 31.2 Å². The van der Waals surface area contributed by atoms with Gasteiger partial charge in [0.15, 0.2) is 0 Å². The van der Waals surface area contributed by atoms with Crippen LogP contribution < -0.4 is 0 Å². The van der Waals surface area contributed by atoms with Crippen molar-refractivity contribution in [1.82, 2.24) is 0 Å². The van der Waals surface area contributed by atoms with Crippen LogP contribution in [0, 0.1) is 17.5 Å². The average Bonchev–Trinajstić information content (AvgIpc) is 2.88. The molecular formula is C32H32ClF3. The highest BCUT2D eigenvalue weighted by atomic mass is 35.5. The van der Waals surface area contributed by atoms with Crippen LogP contribution in [0.3, 0.4) is 0 Å². The van der Waals surface area contributed by atoms with Gasteiger partial charge in [-0.2, -0.15) is 0 Å². The van der Waals surface area contributed by atoms with Gasteiger partial charge in [0.05, 0.1) is 0 Å². The third kappa shape index (κ3) is 6.70. The molecule has 0 aliphatic rings. The average molecular weight is 509 g/mol. The van der Waals surface area contributed by atoms with Crippen molar-refractivity contribution in [2.45, 2.75) is 64.7 Å². The van der Waals surface area contributed by atoms with Gasteiger partial charge < -0.3 is 0 Å². The molecule has 0 saturated heterocycles. The van der Waals surface area contributed by atoms with Gasteiger partial charge in [0.2, 0.25) is 0 Å². The smallest absolute Gasteiger partial charge is 0.145 e. The molecule has 0 atom stereocenters. The fourth-order valence-corrected chi connectivity index (χ4v) is 4.79. The van der Waals surface area contributed by atoms with Crippen LogP contribution in [0.15, 0.2) is 66.7 Å². The summed E-state index contributed by atoms with van der Waals surface area (Å²) in [5.41, 5.74) is 4.86. The van der Waals surface area contributed by atoms with Gasteiger partial charge in [0, 0.05) is 5.39 Å². The third-order valence-corrected chi connectivity index (χ3v) is 7.23. The van der Waals surface area contributed by atoms with Crippen molar-refractivity contribution in [2.75, 3.05) is 0 Å². The molecular weight excluding hydrogens is 477 g/mol. The zero-order valence-corrected chi connectivity index (χ0v) is 21.5. The predicted octanol–water partition coefficient (Wildman–Crippen LogP) is 9.60. The third-order valence-electron chi connectivity index (χ3n) is 6.87. The lowest BCUT2D eigenvalue weighted by molar-refractivity contribution is 0.579. The van der Waals surface area contributed by atoms with Crippen LogP contribution in [0.5, 0.6) is 0 Å². The first-order chi connectivity index (χ1) is 17.4. The minimum absolute atomic E-state index is 0.275. The molecule has 0 bridgehead atoms. The highest BCUT2D eigenvalue weighted by Crippen LogP contribution is 2.26. The molecule has 0 fully saturated rings. The predicted molar refractivity (Wildman–Crippen MR) is 144 cm³/mol. The zero-order valence-electron chi connectivity index (χ0n) is 20.7. The first-order valence-corrected chi connectivity index (χ1v) is 13.2. The largest absolute Gasteiger partial charge is 0.206 e. The van der Waals surface area contributed by atoms with Crippen molar-refractivity contribution < 1.29 is 13.2 Å². The van der Waals surface area contributed by atoms with E-state index in [9.17, 15) is 8.78 Å². The minimum Gasteiger partial charge on any atom is -0.206 e. The van der Waals surface area contributed by atoms with Crippen LogP contribution in [0.1, 0.15) is 60.4 Å². The van der Waals surface area contributed by atoms with E-state index in [1.54, 1.807) is 6.07 Å². The number of hydrogen-bond acceptors (Lipinski definition) is 0. The fraction of sp³-hybridized carbons (Fsp3) is 0.312. The van der Waals surface area contributed by atoms with Crippen molar-refractivity contribution in [3.05, 3.63) is 117 Å². The van der Waals surface area contributed by atoms with Gasteiger partial charge in [0.1, 0.15) is 22.5 Å². The summed E-state index contributed by atoms with van der Waals surface area (Å²) >= 11 is 5.55. The van der Waals surface area contributed by atoms with E-state index in [0.29, 0.717) is 29.4 Å². The maximum absolute atomic E-state index is 15.2. The van der Waals surface area contributed by atoms with Gasteiger partial charge in [-0.05, 0) is 83.9 Å². The normalized spacial score (nSPS) is 11.4. The molecule has 0 amide bonds. The second-order valence-corrected chi connectivity index (χ2v) is 9.97. The van der Waals surface area contributed by atoms with E-state index >= 15 is 4.39 Å². The van der Waals surface area contributed by atoms with Gasteiger partial charge in [0.25, 0.3) is 0 Å². The van der Waals surface area contributed by atoms with Crippen LogP contribution in [0.2, 0.25) is 5.02 Å². The lowest BCUT2D eigenvalue weighted by atomic mass is 9.97. The van der Waals surface area contributed by atoms with E-state index < -0.39 is 16.7 Å². The number of aryl methyl sites for hydroxylation is 5. The van der Waals surface area contributed by atoms with Crippen molar-refractivity contribution in [3.63, 3.8) is 0 Å². The number of rotatable bonds is 11. The number of fused-ring (bicyclic) bond motifs is 1. The van der Waals surface area contributed by atoms with Crippen molar-refractivity contribution in [2.24, 2.45) is 0 Å². The Morgan fingerprint density at radius 1 is 0.583 bits per heavy atom. The lowest BCUT2D eigenvalue weighted by Gasteiger charge is -2.10. The topological polar surface area (TPSA) is 0 Å². The summed E-state index contributed by atoms with van der Waals surface area (Å²) in [7, 11) is 0. The SMILES string of the molecule is CCCCCCc1ccc(CCc2ccc3c(F)c(CCc4cc(F)c(Cl)c(F)c4)ccc3c2)cc1. The Morgan fingerprint density at radius 3 is 1.89 bits per heavy atom. The van der Waals surface area contributed by atoms with Crippen molar-refractivity contribution >= 4 is 22.4 Å². The summed E-state index contributed by atoms with van der Waals surface area (Å²) in [5.74, 6) is -1.86. The first kappa shape index (κ1) is 26.3. The van der Waals surface area contributed by atoms with Crippen LogP contribution in [-0.2, 0) is 32.1 Å². The lowest BCUT2D eigenvalue weighted by Crippen LogP contribution is -1.98. The molecule has 0 saturated carbocycles. The molecule has 4 aromatic rings. The maximum atomic E-state index is 15.2. The first-order valence-electron chi connectivity index (χ1n) is 12.9.